The van der Waals surface area contributed by atoms with Gasteiger partial charge in [0, 0.05) is 28.2 Å². The molecule has 0 aliphatic rings. The highest BCUT2D eigenvalue weighted by Crippen LogP contribution is 2.31. The second-order valence-corrected chi connectivity index (χ2v) is 6.97. The molecule has 1 heterocycles. The molecule has 5 N–H and O–H groups in total. The lowest BCUT2D eigenvalue weighted by atomic mass is 9.93. The SMILES string of the molecule is CC(C)(Cc1c[nH]c2c(-c3ccc(C(N)=O)cc3)cccc12)NC(=O)O. The Morgan fingerprint density at radius 1 is 1.15 bits per heavy atom. The maximum absolute atomic E-state index is 11.2. The summed E-state index contributed by atoms with van der Waals surface area (Å²) in [7, 11) is 0. The number of primary amides is 1. The molecule has 26 heavy (non-hydrogen) atoms. The van der Waals surface area contributed by atoms with Gasteiger partial charge in [0.25, 0.3) is 0 Å². The molecule has 0 saturated carbocycles. The summed E-state index contributed by atoms with van der Waals surface area (Å²) in [6.45, 7) is 3.71. The zero-order chi connectivity index (χ0) is 18.9. The highest BCUT2D eigenvalue weighted by Gasteiger charge is 2.22. The van der Waals surface area contributed by atoms with Crippen LogP contribution in [0.3, 0.4) is 0 Å². The zero-order valence-corrected chi connectivity index (χ0v) is 14.7. The molecule has 2 aromatic carbocycles. The number of carbonyl (C=O) groups is 2. The van der Waals surface area contributed by atoms with Crippen LogP contribution < -0.4 is 11.1 Å². The fourth-order valence-corrected chi connectivity index (χ4v) is 3.22. The number of hydrogen-bond acceptors (Lipinski definition) is 2. The van der Waals surface area contributed by atoms with E-state index in [0.29, 0.717) is 12.0 Å². The van der Waals surface area contributed by atoms with Crippen LogP contribution in [0.1, 0.15) is 29.8 Å². The number of amides is 2. The normalized spacial score (nSPS) is 11.5. The van der Waals surface area contributed by atoms with E-state index in [0.717, 1.165) is 27.6 Å². The molecule has 134 valence electrons. The van der Waals surface area contributed by atoms with E-state index in [9.17, 15) is 9.59 Å². The lowest BCUT2D eigenvalue weighted by molar-refractivity contribution is 0.1000. The Kier molecular flexibility index (Phi) is 4.42. The van der Waals surface area contributed by atoms with Crippen molar-refractivity contribution in [3.05, 3.63) is 59.8 Å². The van der Waals surface area contributed by atoms with E-state index >= 15 is 0 Å². The van der Waals surface area contributed by atoms with Crippen molar-refractivity contribution in [2.24, 2.45) is 5.73 Å². The molecule has 0 aliphatic heterocycles. The summed E-state index contributed by atoms with van der Waals surface area (Å²) in [4.78, 5) is 25.5. The zero-order valence-electron chi connectivity index (χ0n) is 14.7. The summed E-state index contributed by atoms with van der Waals surface area (Å²) in [5, 5.41) is 12.6. The Labute approximate surface area is 151 Å². The highest BCUT2D eigenvalue weighted by atomic mass is 16.4. The molecule has 0 fully saturated rings. The number of rotatable bonds is 5. The Hall–Kier alpha value is -3.28. The molecule has 1 aromatic heterocycles. The molecule has 3 aromatic rings. The predicted octanol–water partition coefficient (Wildman–Crippen LogP) is 3.52. The van der Waals surface area contributed by atoms with Gasteiger partial charge < -0.3 is 21.1 Å². The average molecular weight is 351 g/mol. The van der Waals surface area contributed by atoms with Gasteiger partial charge in [0.2, 0.25) is 5.91 Å². The van der Waals surface area contributed by atoms with Gasteiger partial charge in [0.05, 0.1) is 5.52 Å². The van der Waals surface area contributed by atoms with Crippen molar-refractivity contribution in [2.75, 3.05) is 0 Å². The molecule has 0 bridgehead atoms. The number of aromatic amines is 1. The van der Waals surface area contributed by atoms with Crippen molar-refractivity contribution >= 4 is 22.9 Å². The van der Waals surface area contributed by atoms with Crippen LogP contribution >= 0.6 is 0 Å². The fraction of sp³-hybridized carbons (Fsp3) is 0.200. The van der Waals surface area contributed by atoms with Gasteiger partial charge in [0.15, 0.2) is 0 Å². The molecule has 0 unspecified atom stereocenters. The van der Waals surface area contributed by atoms with E-state index in [1.165, 1.54) is 0 Å². The standard InChI is InChI=1S/C20H21N3O3/c1-20(2,23-19(25)26)10-14-11-22-17-15(4-3-5-16(14)17)12-6-8-13(9-7-12)18(21)24/h3-9,11,22-23H,10H2,1-2H3,(H2,21,24)(H,25,26). The van der Waals surface area contributed by atoms with Gasteiger partial charge in [-0.15, -0.1) is 0 Å². The van der Waals surface area contributed by atoms with Crippen molar-refractivity contribution in [3.63, 3.8) is 0 Å². The monoisotopic (exact) mass is 351 g/mol. The Morgan fingerprint density at radius 2 is 1.85 bits per heavy atom. The van der Waals surface area contributed by atoms with Crippen LogP contribution in [0.25, 0.3) is 22.0 Å². The van der Waals surface area contributed by atoms with Gasteiger partial charge in [-0.25, -0.2) is 4.79 Å². The largest absolute Gasteiger partial charge is 0.465 e. The number of aromatic nitrogens is 1. The average Bonchev–Trinajstić information content (AvgIpc) is 2.96. The summed E-state index contributed by atoms with van der Waals surface area (Å²) in [6, 6.07) is 13.1. The third kappa shape index (κ3) is 3.54. The third-order valence-corrected chi connectivity index (χ3v) is 4.36. The summed E-state index contributed by atoms with van der Waals surface area (Å²) in [5.41, 5.74) is 9.17. The second kappa shape index (κ2) is 6.55. The molecule has 6 nitrogen and oxygen atoms in total. The van der Waals surface area contributed by atoms with Crippen molar-refractivity contribution in [3.8, 4) is 11.1 Å². The Bertz CT molecular complexity index is 972. The number of benzene rings is 2. The van der Waals surface area contributed by atoms with E-state index < -0.39 is 17.5 Å². The molecule has 6 heteroatoms. The number of carbonyl (C=O) groups excluding carboxylic acids is 1. The minimum absolute atomic E-state index is 0.454. The summed E-state index contributed by atoms with van der Waals surface area (Å²) in [6.07, 6.45) is 1.44. The number of para-hydroxylation sites is 1. The lowest BCUT2D eigenvalue weighted by Crippen LogP contribution is -2.44. The van der Waals surface area contributed by atoms with E-state index in [4.69, 9.17) is 10.8 Å². The number of carboxylic acid groups (broad SMARTS) is 1. The van der Waals surface area contributed by atoms with E-state index in [2.05, 4.69) is 10.3 Å². The molecular formula is C20H21N3O3. The first-order valence-electron chi connectivity index (χ1n) is 8.27. The van der Waals surface area contributed by atoms with Crippen molar-refractivity contribution < 1.29 is 14.7 Å². The van der Waals surface area contributed by atoms with Gasteiger partial charge in [-0.3, -0.25) is 4.79 Å². The molecule has 0 saturated heterocycles. The van der Waals surface area contributed by atoms with Gasteiger partial charge >= 0.3 is 6.09 Å². The number of nitrogens with one attached hydrogen (secondary N) is 2. The van der Waals surface area contributed by atoms with E-state index in [-0.39, 0.29) is 0 Å². The molecule has 3 rings (SSSR count). The Balaban J connectivity index is 1.98. The number of nitrogens with two attached hydrogens (primary N) is 1. The van der Waals surface area contributed by atoms with Crippen LogP contribution in [-0.4, -0.2) is 27.6 Å². The quantitative estimate of drug-likeness (QED) is 0.565. The minimum atomic E-state index is -1.04. The van der Waals surface area contributed by atoms with Crippen LogP contribution in [0.5, 0.6) is 0 Å². The topological polar surface area (TPSA) is 108 Å². The third-order valence-electron chi connectivity index (χ3n) is 4.36. The molecule has 0 atom stereocenters. The molecule has 2 amide bonds. The van der Waals surface area contributed by atoms with Crippen LogP contribution in [0.15, 0.2) is 48.7 Å². The fourth-order valence-electron chi connectivity index (χ4n) is 3.22. The first kappa shape index (κ1) is 17.5. The van der Waals surface area contributed by atoms with E-state index in [1.54, 1.807) is 12.1 Å². The molecule has 0 radical (unpaired) electrons. The maximum atomic E-state index is 11.2. The van der Waals surface area contributed by atoms with Crippen LogP contribution in [0.4, 0.5) is 4.79 Å². The van der Waals surface area contributed by atoms with Crippen LogP contribution in [-0.2, 0) is 6.42 Å². The van der Waals surface area contributed by atoms with Gasteiger partial charge in [-0.1, -0.05) is 30.3 Å². The minimum Gasteiger partial charge on any atom is -0.465 e. The number of H-pyrrole nitrogens is 1. The smallest absolute Gasteiger partial charge is 0.405 e. The molecule has 0 spiro atoms. The maximum Gasteiger partial charge on any atom is 0.405 e. The summed E-state index contributed by atoms with van der Waals surface area (Å²) >= 11 is 0. The predicted molar refractivity (Wildman–Crippen MR) is 101 cm³/mol. The molecule has 0 aliphatic carbocycles. The lowest BCUT2D eigenvalue weighted by Gasteiger charge is -2.24. The first-order chi connectivity index (χ1) is 12.3. The van der Waals surface area contributed by atoms with Gasteiger partial charge in [-0.2, -0.15) is 0 Å². The Morgan fingerprint density at radius 3 is 2.46 bits per heavy atom. The van der Waals surface area contributed by atoms with Crippen LogP contribution in [0, 0.1) is 0 Å². The van der Waals surface area contributed by atoms with Crippen LogP contribution in [0.2, 0.25) is 0 Å². The van der Waals surface area contributed by atoms with Gasteiger partial charge in [-0.05, 0) is 43.5 Å². The highest BCUT2D eigenvalue weighted by molar-refractivity contribution is 5.97. The number of fused-ring (bicyclic) bond motifs is 1. The van der Waals surface area contributed by atoms with E-state index in [1.807, 2.05) is 50.4 Å². The van der Waals surface area contributed by atoms with Crippen molar-refractivity contribution in [1.82, 2.24) is 10.3 Å². The first-order valence-corrected chi connectivity index (χ1v) is 8.27. The second-order valence-electron chi connectivity index (χ2n) is 6.97. The number of hydrogen-bond donors (Lipinski definition) is 4. The van der Waals surface area contributed by atoms with Crippen molar-refractivity contribution in [1.29, 1.82) is 0 Å². The molecular weight excluding hydrogens is 330 g/mol. The summed E-state index contributed by atoms with van der Waals surface area (Å²) < 4.78 is 0. The van der Waals surface area contributed by atoms with Gasteiger partial charge in [0.1, 0.15) is 0 Å². The van der Waals surface area contributed by atoms with Crippen molar-refractivity contribution in [2.45, 2.75) is 25.8 Å². The summed E-state index contributed by atoms with van der Waals surface area (Å²) in [5.74, 6) is -0.454.